The Bertz CT molecular complexity index is 3800. The number of imide groups is 1. The summed E-state index contributed by atoms with van der Waals surface area (Å²) in [7, 11) is 0. The largest absolute Gasteiger partial charge is 0.594 e. The van der Waals surface area contributed by atoms with Crippen LogP contribution in [0.1, 0.15) is 147 Å². The van der Waals surface area contributed by atoms with Gasteiger partial charge in [0, 0.05) is 138 Å². The number of fused-ring (bicyclic) bond motifs is 3. The number of ether oxygens (including phenoxy) is 6. The van der Waals surface area contributed by atoms with Gasteiger partial charge in [-0.1, -0.05) is 91.0 Å². The van der Waals surface area contributed by atoms with Gasteiger partial charge in [-0.05, 0) is 123 Å². The number of amides is 5. The first kappa shape index (κ1) is 78.9. The van der Waals surface area contributed by atoms with Crippen molar-refractivity contribution in [2.24, 2.45) is 0 Å². The fourth-order valence-electron chi connectivity index (χ4n) is 13.7. The van der Waals surface area contributed by atoms with Gasteiger partial charge in [0.1, 0.15) is 48.6 Å². The Hall–Kier alpha value is -8.23. The number of ketones is 4. The maximum atomic E-state index is 13.0. The van der Waals surface area contributed by atoms with Crippen LogP contribution in [0.2, 0.25) is 0 Å². The van der Waals surface area contributed by atoms with Crippen molar-refractivity contribution < 1.29 is 110 Å². The Morgan fingerprint density at radius 1 is 0.447 bits per heavy atom. The van der Waals surface area contributed by atoms with E-state index in [-0.39, 0.29) is 105 Å². The van der Waals surface area contributed by atoms with E-state index >= 15 is 0 Å². The number of hydrogen-bond acceptors (Lipinski definition) is 18. The second kappa shape index (κ2) is 38.0. The summed E-state index contributed by atoms with van der Waals surface area (Å²) >= 11 is 0. The molecule has 13 rings (SSSR count). The summed E-state index contributed by atoms with van der Waals surface area (Å²) in [5, 5.41) is 3.54. The molecule has 7 aliphatic heterocycles. The van der Waals surface area contributed by atoms with Gasteiger partial charge in [-0.25, -0.2) is 0 Å². The van der Waals surface area contributed by atoms with Crippen LogP contribution in [-0.4, -0.2) is 185 Å². The standard InChI is InChI=1S/2C27H32N2O5.C25H27N3O5.H2O.Y/c2*1-19(30)6-11-25(20(2)31)29-17-24-23(27(29)32)4-3-5-26(24)34-18-22-9-7-21(8-10-22)16-28-12-14-33-15-13-28;29-23-9-8-21(24(30)26-23)28-15-20-19(25(28)31)2-1-3-22(20)33-16-18-6-4-17(5-7-18)14-27-10-12-32-13-11-27;;/h2*3-5,7-10,25H,6,11-18H2,1-2H3;1-7,21H,8-16H2,(H,26,29,30);1H2;/p-1. The Balaban J connectivity index is 0.000000178. The van der Waals surface area contributed by atoms with E-state index in [0.717, 1.165) is 132 Å². The van der Waals surface area contributed by atoms with E-state index in [1.165, 1.54) is 49.3 Å². The molecule has 0 saturated carbocycles. The first-order valence-electron chi connectivity index (χ1n) is 35.0. The summed E-state index contributed by atoms with van der Waals surface area (Å²) in [4.78, 5) is 122. The summed E-state index contributed by atoms with van der Waals surface area (Å²) in [6.07, 6.45) is 1.73. The van der Waals surface area contributed by atoms with Crippen LogP contribution in [0.25, 0.3) is 5.32 Å². The average molecular weight is 1480 g/mol. The molecule has 2 N–H and O–H groups in total. The first-order valence-corrected chi connectivity index (χ1v) is 35.0. The van der Waals surface area contributed by atoms with E-state index < -0.39 is 29.9 Å². The molecule has 24 heteroatoms. The summed E-state index contributed by atoms with van der Waals surface area (Å²) < 4.78 is 34.5. The van der Waals surface area contributed by atoms with Crippen LogP contribution >= 0.6 is 0 Å². The molecular weight excluding hydrogens is 1390 g/mol. The molecule has 6 aromatic rings. The number of carbonyl (C=O) groups is 9. The molecule has 23 nitrogen and oxygen atoms in total. The molecule has 103 heavy (non-hydrogen) atoms. The molecule has 3 unspecified atom stereocenters. The number of piperidine rings is 1. The van der Waals surface area contributed by atoms with E-state index in [1.54, 1.807) is 46.2 Å². The molecular formula is C79H92N7O16Y-. The van der Waals surface area contributed by atoms with Crippen molar-refractivity contribution in [3.63, 3.8) is 0 Å². The zero-order chi connectivity index (χ0) is 70.9. The van der Waals surface area contributed by atoms with Crippen LogP contribution < -0.4 is 14.2 Å². The molecule has 4 saturated heterocycles. The molecule has 4 fully saturated rings. The number of hydrogen-bond donors (Lipinski definition) is 0. The fraction of sp³-hybridized carbons (Fsp3) is 0.430. The number of carbonyl (C=O) groups excluding carboxylic acids is 9. The third-order valence-corrected chi connectivity index (χ3v) is 19.4. The second-order valence-electron chi connectivity index (χ2n) is 26.8. The first-order chi connectivity index (χ1) is 48.9. The predicted octanol–water partition coefficient (Wildman–Crippen LogP) is 8.58. The van der Waals surface area contributed by atoms with Gasteiger partial charge in [-0.15, -0.1) is 0 Å². The van der Waals surface area contributed by atoms with Gasteiger partial charge in [-0.2, -0.15) is 0 Å². The number of benzene rings is 6. The van der Waals surface area contributed by atoms with Gasteiger partial charge < -0.3 is 73.1 Å². The Kier molecular flexibility index (Phi) is 29.1. The summed E-state index contributed by atoms with van der Waals surface area (Å²) in [5.41, 5.74) is 10.9. The van der Waals surface area contributed by atoms with Crippen LogP contribution in [0.3, 0.4) is 0 Å². The second-order valence-corrected chi connectivity index (χ2v) is 26.8. The Morgan fingerprint density at radius 3 is 1.09 bits per heavy atom. The van der Waals surface area contributed by atoms with Gasteiger partial charge >= 0.3 is 0 Å². The summed E-state index contributed by atoms with van der Waals surface area (Å²) in [6.45, 7) is 21.2. The molecule has 7 heterocycles. The minimum atomic E-state index is -0.686. The molecule has 0 bridgehead atoms. The van der Waals surface area contributed by atoms with Crippen molar-refractivity contribution in [2.75, 3.05) is 78.9 Å². The van der Waals surface area contributed by atoms with Crippen LogP contribution in [-0.2, 0) is 135 Å². The Labute approximate surface area is 626 Å². The molecule has 0 aromatic heterocycles. The van der Waals surface area contributed by atoms with E-state index in [1.807, 2.05) is 18.2 Å². The molecule has 3 atom stereocenters. The SMILES string of the molecule is CC(=O)CCC(C(C)=O)N1Cc2c(OCc3ccc(CN4CCOCC4)cc3)cccc2C1=O.CC(=O)CCC(C(C)=O)N1Cc2c(OCc3ccc(CN4CCOCC4)cc3)cccc2C1=O.O.O=C1CCC(N2Cc3c(OCc4ccc(CN5CCOCC5)cc4)cccc3C2=O)C(=O)[N-]1.[Y]. The summed E-state index contributed by atoms with van der Waals surface area (Å²) in [5.74, 6) is 0.206. The molecule has 7 aliphatic rings. The topological polar surface area (TPSA) is 274 Å². The van der Waals surface area contributed by atoms with Crippen molar-refractivity contribution in [3.8, 4) is 17.2 Å². The van der Waals surface area contributed by atoms with Crippen LogP contribution in [0.4, 0.5) is 0 Å². The maximum absolute atomic E-state index is 13.0. The van der Waals surface area contributed by atoms with E-state index in [2.05, 4.69) is 92.8 Å². The maximum Gasteiger partial charge on any atom is 0.255 e. The van der Waals surface area contributed by atoms with E-state index in [0.29, 0.717) is 86.1 Å². The zero-order valence-electron chi connectivity index (χ0n) is 59.3. The minimum absolute atomic E-state index is 0. The van der Waals surface area contributed by atoms with Crippen LogP contribution in [0.15, 0.2) is 127 Å². The van der Waals surface area contributed by atoms with E-state index in [9.17, 15) is 43.2 Å². The number of rotatable bonds is 26. The van der Waals surface area contributed by atoms with Crippen LogP contribution in [0, 0.1) is 0 Å². The van der Waals surface area contributed by atoms with Crippen molar-refractivity contribution in [3.05, 3.63) is 199 Å². The van der Waals surface area contributed by atoms with Gasteiger partial charge in [0.25, 0.3) is 17.7 Å². The average Bonchev–Trinajstić information content (AvgIpc) is 1.64. The quantitative estimate of drug-likeness (QED) is 0.0460. The third-order valence-electron chi connectivity index (χ3n) is 19.4. The third kappa shape index (κ3) is 21.0. The van der Waals surface area contributed by atoms with Crippen molar-refractivity contribution in [1.29, 1.82) is 0 Å². The Morgan fingerprint density at radius 2 is 0.767 bits per heavy atom. The van der Waals surface area contributed by atoms with Crippen molar-refractivity contribution in [1.82, 2.24) is 29.4 Å². The molecule has 6 aromatic carbocycles. The molecule has 5 amide bonds. The molecule has 1 radical (unpaired) electrons. The van der Waals surface area contributed by atoms with Crippen LogP contribution in [0.5, 0.6) is 17.2 Å². The fourth-order valence-corrected chi connectivity index (χ4v) is 13.7. The van der Waals surface area contributed by atoms with E-state index in [4.69, 9.17) is 28.4 Å². The molecule has 0 aliphatic carbocycles. The van der Waals surface area contributed by atoms with Gasteiger partial charge in [0.2, 0.25) is 0 Å². The van der Waals surface area contributed by atoms with Crippen molar-refractivity contribution >= 4 is 52.7 Å². The smallest absolute Gasteiger partial charge is 0.255 e. The predicted molar refractivity (Wildman–Crippen MR) is 378 cm³/mol. The van der Waals surface area contributed by atoms with Gasteiger partial charge in [-0.3, -0.25) is 38.7 Å². The number of morpholine rings is 3. The summed E-state index contributed by atoms with van der Waals surface area (Å²) in [6, 6.07) is 39.5. The molecule has 0 spiro atoms. The molecule has 543 valence electrons. The van der Waals surface area contributed by atoms with Gasteiger partial charge in [0.15, 0.2) is 11.6 Å². The normalized spacial score (nSPS) is 17.9. The monoisotopic (exact) mass is 1480 g/mol. The minimum Gasteiger partial charge on any atom is -0.594 e. The van der Waals surface area contributed by atoms with Gasteiger partial charge in [0.05, 0.1) is 89.2 Å². The van der Waals surface area contributed by atoms with Crippen molar-refractivity contribution in [2.45, 2.75) is 143 Å². The zero-order valence-corrected chi connectivity index (χ0v) is 62.1. The number of Topliss-reactive ketones (excluding diaryl/α,β-unsaturated/α-hetero) is 4. The number of nitrogens with zero attached hydrogens (tertiary/aromatic N) is 7.